The van der Waals surface area contributed by atoms with Crippen molar-refractivity contribution in [3.63, 3.8) is 0 Å². The highest BCUT2D eigenvalue weighted by molar-refractivity contribution is 7.22. The van der Waals surface area contributed by atoms with Gasteiger partial charge in [0.15, 0.2) is 5.13 Å². The van der Waals surface area contributed by atoms with Crippen molar-refractivity contribution in [3.8, 4) is 5.75 Å². The van der Waals surface area contributed by atoms with Gasteiger partial charge in [0.05, 0.1) is 4.70 Å². The lowest BCUT2D eigenvalue weighted by atomic mass is 10.2. The highest BCUT2D eigenvalue weighted by Crippen LogP contribution is 2.32. The zero-order chi connectivity index (χ0) is 11.7. The van der Waals surface area contributed by atoms with Crippen LogP contribution in [0.4, 0.5) is 5.13 Å². The van der Waals surface area contributed by atoms with Crippen LogP contribution in [-0.2, 0) is 4.79 Å². The van der Waals surface area contributed by atoms with Gasteiger partial charge >= 0.3 is 0 Å². The van der Waals surface area contributed by atoms with E-state index in [1.54, 1.807) is 6.07 Å². The third kappa shape index (κ3) is 1.96. The minimum Gasteiger partial charge on any atom is -0.506 e. The molecule has 5 N–H and O–H groups in total. The van der Waals surface area contributed by atoms with Gasteiger partial charge < -0.3 is 16.6 Å². The Morgan fingerprint density at radius 2 is 2.25 bits per heavy atom. The first-order chi connectivity index (χ1) is 7.56. The summed E-state index contributed by atoms with van der Waals surface area (Å²) in [6, 6.07) is 3.28. The van der Waals surface area contributed by atoms with Crippen LogP contribution in [0, 0.1) is 0 Å². The number of hydrogen-bond donors (Lipinski definition) is 3. The van der Waals surface area contributed by atoms with Gasteiger partial charge in [-0.3, -0.25) is 4.79 Å². The Labute approximate surface area is 95.0 Å². The van der Waals surface area contributed by atoms with Gasteiger partial charge in [-0.2, -0.15) is 0 Å². The number of carbonyl (C=O) groups is 1. The molecule has 0 aliphatic heterocycles. The second kappa shape index (κ2) is 3.82. The van der Waals surface area contributed by atoms with Crippen molar-refractivity contribution >= 4 is 38.7 Å². The van der Waals surface area contributed by atoms with Crippen LogP contribution in [-0.4, -0.2) is 16.0 Å². The number of phenols is 1. The topological polar surface area (TPSA) is 102 Å². The summed E-state index contributed by atoms with van der Waals surface area (Å²) in [4.78, 5) is 14.5. The number of amides is 1. The maximum absolute atomic E-state index is 10.6. The molecule has 82 valence electrons. The smallest absolute Gasteiger partial charge is 0.241 e. The van der Waals surface area contributed by atoms with Crippen molar-refractivity contribution in [3.05, 3.63) is 23.8 Å². The average molecular weight is 235 g/mol. The SMILES string of the molecule is NC(=O)/C=C/c1cc(O)c2nc(N)sc2c1. The standard InChI is InChI=1S/C10H9N3O2S/c11-8(15)2-1-5-3-6(14)9-7(4-5)16-10(12)13-9/h1-4,14H,(H2,11,15)(H2,12,13)/b2-1+. The molecule has 16 heavy (non-hydrogen) atoms. The average Bonchev–Trinajstić information content (AvgIpc) is 2.56. The lowest BCUT2D eigenvalue weighted by molar-refractivity contribution is -0.113. The molecule has 5 nitrogen and oxygen atoms in total. The van der Waals surface area contributed by atoms with E-state index in [2.05, 4.69) is 4.98 Å². The Balaban J connectivity index is 2.53. The number of carbonyl (C=O) groups excluding carboxylic acids is 1. The minimum atomic E-state index is -0.539. The second-order valence-corrected chi connectivity index (χ2v) is 4.24. The number of hydrogen-bond acceptors (Lipinski definition) is 5. The molecule has 0 spiro atoms. The summed E-state index contributed by atoms with van der Waals surface area (Å²) in [5.74, 6) is -0.502. The Bertz CT molecular complexity index is 589. The van der Waals surface area contributed by atoms with E-state index in [0.29, 0.717) is 16.2 Å². The van der Waals surface area contributed by atoms with Gasteiger partial charge in [-0.05, 0) is 23.8 Å². The van der Waals surface area contributed by atoms with Gasteiger partial charge in [0.1, 0.15) is 11.3 Å². The first kappa shape index (κ1) is 10.4. The number of anilines is 1. The van der Waals surface area contributed by atoms with Crippen LogP contribution in [0.5, 0.6) is 5.75 Å². The van der Waals surface area contributed by atoms with Crippen LogP contribution < -0.4 is 11.5 Å². The molecule has 0 saturated heterocycles. The molecule has 2 rings (SSSR count). The van der Waals surface area contributed by atoms with E-state index in [9.17, 15) is 9.90 Å². The lowest BCUT2D eigenvalue weighted by Crippen LogP contribution is -2.04. The molecule has 0 atom stereocenters. The van der Waals surface area contributed by atoms with Crippen molar-refractivity contribution in [2.75, 3.05) is 5.73 Å². The van der Waals surface area contributed by atoms with Crippen molar-refractivity contribution < 1.29 is 9.90 Å². The van der Waals surface area contributed by atoms with Crippen LogP contribution in [0.1, 0.15) is 5.56 Å². The van der Waals surface area contributed by atoms with Gasteiger partial charge in [-0.1, -0.05) is 11.3 Å². The van der Waals surface area contributed by atoms with Gasteiger partial charge in [0.2, 0.25) is 5.91 Å². The first-order valence-corrected chi connectivity index (χ1v) is 5.24. The molecule has 1 aromatic heterocycles. The summed E-state index contributed by atoms with van der Waals surface area (Å²) < 4.78 is 0.765. The van der Waals surface area contributed by atoms with Gasteiger partial charge in [-0.15, -0.1) is 0 Å². The Morgan fingerprint density at radius 1 is 1.50 bits per heavy atom. The van der Waals surface area contributed by atoms with Crippen LogP contribution in [0.15, 0.2) is 18.2 Å². The molecule has 1 aromatic carbocycles. The number of primary amides is 1. The number of rotatable bonds is 2. The normalized spacial score (nSPS) is 11.2. The molecule has 0 bridgehead atoms. The monoisotopic (exact) mass is 235 g/mol. The Kier molecular flexibility index (Phi) is 2.49. The van der Waals surface area contributed by atoms with Crippen LogP contribution in [0.3, 0.4) is 0 Å². The predicted octanol–water partition coefficient (Wildman–Crippen LogP) is 1.08. The number of aromatic nitrogens is 1. The zero-order valence-corrected chi connectivity index (χ0v) is 8.99. The fourth-order valence-corrected chi connectivity index (χ4v) is 2.13. The lowest BCUT2D eigenvalue weighted by Gasteiger charge is -1.96. The molecule has 0 radical (unpaired) electrons. The fourth-order valence-electron chi connectivity index (χ4n) is 1.32. The Hall–Kier alpha value is -2.08. The minimum absolute atomic E-state index is 0.0366. The largest absolute Gasteiger partial charge is 0.506 e. The van der Waals surface area contributed by atoms with Gasteiger partial charge in [-0.25, -0.2) is 4.98 Å². The molecule has 0 unspecified atom stereocenters. The van der Waals surface area contributed by atoms with E-state index in [1.807, 2.05) is 0 Å². The van der Waals surface area contributed by atoms with E-state index in [0.717, 1.165) is 4.70 Å². The number of nitrogens with two attached hydrogens (primary N) is 2. The molecule has 2 aromatic rings. The molecular formula is C10H9N3O2S. The maximum Gasteiger partial charge on any atom is 0.241 e. The molecule has 1 amide bonds. The van der Waals surface area contributed by atoms with Crippen molar-refractivity contribution in [2.45, 2.75) is 0 Å². The van der Waals surface area contributed by atoms with E-state index in [4.69, 9.17) is 11.5 Å². The summed E-state index contributed by atoms with van der Waals surface area (Å²) in [6.45, 7) is 0. The van der Waals surface area contributed by atoms with Crippen molar-refractivity contribution in [1.29, 1.82) is 0 Å². The summed E-state index contributed by atoms with van der Waals surface area (Å²) in [6.07, 6.45) is 2.75. The summed E-state index contributed by atoms with van der Waals surface area (Å²) in [5, 5.41) is 10.1. The number of fused-ring (bicyclic) bond motifs is 1. The van der Waals surface area contributed by atoms with Crippen molar-refractivity contribution in [1.82, 2.24) is 4.98 Å². The van der Waals surface area contributed by atoms with E-state index >= 15 is 0 Å². The quantitative estimate of drug-likeness (QED) is 0.678. The van der Waals surface area contributed by atoms with Gasteiger partial charge in [0, 0.05) is 6.08 Å². The van der Waals surface area contributed by atoms with Crippen LogP contribution >= 0.6 is 11.3 Å². The molecule has 0 aliphatic rings. The predicted molar refractivity (Wildman–Crippen MR) is 63.9 cm³/mol. The number of nitrogens with zero attached hydrogens (tertiary/aromatic N) is 1. The van der Waals surface area contributed by atoms with Crippen LogP contribution in [0.25, 0.3) is 16.3 Å². The maximum atomic E-state index is 10.6. The first-order valence-electron chi connectivity index (χ1n) is 4.43. The fraction of sp³-hybridized carbons (Fsp3) is 0. The second-order valence-electron chi connectivity index (χ2n) is 3.17. The summed E-state index contributed by atoms with van der Waals surface area (Å²) >= 11 is 1.27. The van der Waals surface area contributed by atoms with E-state index in [-0.39, 0.29) is 5.75 Å². The third-order valence-corrected chi connectivity index (χ3v) is 2.79. The highest BCUT2D eigenvalue weighted by atomic mass is 32.1. The zero-order valence-electron chi connectivity index (χ0n) is 8.18. The summed E-state index contributed by atoms with van der Waals surface area (Å²) in [5.41, 5.74) is 11.7. The number of phenolic OH excluding ortho intramolecular Hbond substituents is 1. The molecule has 6 heteroatoms. The van der Waals surface area contributed by atoms with Gasteiger partial charge in [0.25, 0.3) is 0 Å². The van der Waals surface area contributed by atoms with E-state index < -0.39 is 5.91 Å². The van der Waals surface area contributed by atoms with Crippen LogP contribution in [0.2, 0.25) is 0 Å². The molecule has 0 fully saturated rings. The molecular weight excluding hydrogens is 226 g/mol. The number of nitrogen functional groups attached to an aromatic ring is 1. The number of aromatic hydroxyl groups is 1. The molecule has 0 aliphatic carbocycles. The van der Waals surface area contributed by atoms with E-state index in [1.165, 1.54) is 29.6 Å². The van der Waals surface area contributed by atoms with Crippen molar-refractivity contribution in [2.24, 2.45) is 5.73 Å². The summed E-state index contributed by atoms with van der Waals surface area (Å²) in [7, 11) is 0. The number of benzene rings is 1. The molecule has 1 heterocycles. The third-order valence-electron chi connectivity index (χ3n) is 1.95. The number of thiazole rings is 1. The Morgan fingerprint density at radius 3 is 2.94 bits per heavy atom. The highest BCUT2D eigenvalue weighted by Gasteiger charge is 2.06. The molecule has 0 saturated carbocycles.